The molecule has 0 N–H and O–H groups in total. The summed E-state index contributed by atoms with van der Waals surface area (Å²) in [4.78, 5) is 14.8. The second kappa shape index (κ2) is 9.86. The molecule has 0 atom stereocenters. The van der Waals surface area contributed by atoms with Crippen molar-refractivity contribution in [1.29, 1.82) is 0 Å². The minimum atomic E-state index is 0.740. The number of para-hydroxylation sites is 1. The quantitative estimate of drug-likeness (QED) is 0.182. The predicted molar refractivity (Wildman–Crippen MR) is 198 cm³/mol. The highest BCUT2D eigenvalue weighted by Crippen LogP contribution is 2.43. The lowest BCUT2D eigenvalue weighted by molar-refractivity contribution is 0.484. The molecule has 0 amide bonds. The van der Waals surface area contributed by atoms with Crippen molar-refractivity contribution in [3.8, 4) is 33.9 Å². The van der Waals surface area contributed by atoms with Crippen molar-refractivity contribution >= 4 is 65.7 Å². The SMILES string of the molecule is c1ccc(-c2cn3c4ncccc4c4ccc(Oc5ccc6c7cccc8c9c(-c%10ccccc%10)ccnc9n(c6c5)c78)cc4c3n2)cc1. The van der Waals surface area contributed by atoms with Gasteiger partial charge in [-0.25, -0.2) is 15.0 Å². The zero-order chi connectivity index (χ0) is 32.1. The molecule has 0 aliphatic rings. The van der Waals surface area contributed by atoms with Crippen LogP contribution in [0, 0.1) is 0 Å². The van der Waals surface area contributed by atoms with Crippen LogP contribution in [-0.2, 0) is 0 Å². The fraction of sp³-hybridized carbons (Fsp3) is 0. The maximum Gasteiger partial charge on any atom is 0.147 e. The average molecular weight is 628 g/mol. The van der Waals surface area contributed by atoms with Crippen LogP contribution >= 0.6 is 0 Å². The normalized spacial score (nSPS) is 12.1. The van der Waals surface area contributed by atoms with Crippen LogP contribution in [0.2, 0.25) is 0 Å². The first-order valence-corrected chi connectivity index (χ1v) is 16.4. The number of hydrogen-bond acceptors (Lipinski definition) is 4. The first-order valence-electron chi connectivity index (χ1n) is 16.4. The van der Waals surface area contributed by atoms with Gasteiger partial charge in [-0.15, -0.1) is 0 Å². The Labute approximate surface area is 279 Å². The molecule has 49 heavy (non-hydrogen) atoms. The molecule has 6 heterocycles. The molecule has 6 nitrogen and oxygen atoms in total. The smallest absolute Gasteiger partial charge is 0.147 e. The Balaban J connectivity index is 1.09. The average Bonchev–Trinajstić information content (AvgIpc) is 3.86. The second-order valence-corrected chi connectivity index (χ2v) is 12.5. The van der Waals surface area contributed by atoms with E-state index in [1.807, 2.05) is 42.7 Å². The number of aromatic nitrogens is 5. The fourth-order valence-corrected chi connectivity index (χ4v) is 7.70. The first-order chi connectivity index (χ1) is 24.3. The van der Waals surface area contributed by atoms with E-state index in [9.17, 15) is 0 Å². The number of fused-ring (bicyclic) bond motifs is 12. The largest absolute Gasteiger partial charge is 0.457 e. The molecular formula is C43H25N5O. The molecule has 0 saturated carbocycles. The van der Waals surface area contributed by atoms with Crippen LogP contribution < -0.4 is 4.74 Å². The minimum Gasteiger partial charge on any atom is -0.457 e. The maximum atomic E-state index is 6.65. The van der Waals surface area contributed by atoms with Crippen LogP contribution in [0.15, 0.2) is 152 Å². The molecule has 0 saturated heterocycles. The van der Waals surface area contributed by atoms with E-state index in [1.165, 1.54) is 32.8 Å². The van der Waals surface area contributed by atoms with Crippen molar-refractivity contribution in [1.82, 2.24) is 23.8 Å². The van der Waals surface area contributed by atoms with Gasteiger partial charge in [-0.1, -0.05) is 78.9 Å². The molecule has 0 aliphatic heterocycles. The van der Waals surface area contributed by atoms with Crippen LogP contribution in [0.4, 0.5) is 0 Å². The van der Waals surface area contributed by atoms with E-state index < -0.39 is 0 Å². The number of nitrogens with zero attached hydrogens (tertiary/aromatic N) is 5. The summed E-state index contributed by atoms with van der Waals surface area (Å²) in [5.41, 5.74) is 9.24. The highest BCUT2D eigenvalue weighted by Gasteiger charge is 2.21. The first kappa shape index (κ1) is 26.3. The Kier molecular flexibility index (Phi) is 5.29. The van der Waals surface area contributed by atoms with Gasteiger partial charge in [-0.05, 0) is 65.0 Å². The molecule has 5 aromatic carbocycles. The number of rotatable bonds is 4. The highest BCUT2D eigenvalue weighted by molar-refractivity contribution is 6.25. The molecule has 0 aliphatic carbocycles. The van der Waals surface area contributed by atoms with Crippen molar-refractivity contribution in [3.63, 3.8) is 0 Å². The summed E-state index contributed by atoms with van der Waals surface area (Å²) in [5, 5.41) is 7.90. The van der Waals surface area contributed by atoms with E-state index in [0.29, 0.717) is 0 Å². The Bertz CT molecular complexity index is 3070. The summed E-state index contributed by atoms with van der Waals surface area (Å²) < 4.78 is 11.0. The molecule has 228 valence electrons. The second-order valence-electron chi connectivity index (χ2n) is 12.5. The molecular weight excluding hydrogens is 603 g/mol. The zero-order valence-corrected chi connectivity index (χ0v) is 26.1. The number of imidazole rings is 1. The summed E-state index contributed by atoms with van der Waals surface area (Å²) in [6, 6.07) is 46.2. The van der Waals surface area contributed by atoms with E-state index in [4.69, 9.17) is 19.7 Å². The van der Waals surface area contributed by atoms with Crippen molar-refractivity contribution in [2.24, 2.45) is 0 Å². The number of pyridine rings is 3. The van der Waals surface area contributed by atoms with Gasteiger partial charge < -0.3 is 4.74 Å². The van der Waals surface area contributed by atoms with Gasteiger partial charge in [0.15, 0.2) is 0 Å². The van der Waals surface area contributed by atoms with E-state index >= 15 is 0 Å². The van der Waals surface area contributed by atoms with Gasteiger partial charge >= 0.3 is 0 Å². The van der Waals surface area contributed by atoms with Crippen LogP contribution in [0.5, 0.6) is 11.5 Å². The van der Waals surface area contributed by atoms with Gasteiger partial charge in [0.2, 0.25) is 0 Å². The van der Waals surface area contributed by atoms with Gasteiger partial charge in [0, 0.05) is 62.5 Å². The van der Waals surface area contributed by atoms with Crippen molar-refractivity contribution in [2.75, 3.05) is 0 Å². The maximum absolute atomic E-state index is 6.65. The van der Waals surface area contributed by atoms with E-state index in [-0.39, 0.29) is 0 Å². The van der Waals surface area contributed by atoms with E-state index in [0.717, 1.165) is 66.8 Å². The summed E-state index contributed by atoms with van der Waals surface area (Å²) in [6.45, 7) is 0. The molecule has 0 radical (unpaired) electrons. The standard InChI is InChI=1S/C43H25N5O/c1-3-9-26(10-4-1)30-20-22-45-43-39(30)35-14-7-13-33-32-19-17-29(24-38(32)48(43)40(33)35)49-28-16-18-31-34-15-8-21-44-41(34)47-25-37(27-11-5-2-6-12-27)46-42(47)36(31)23-28/h1-25H. The fourth-order valence-electron chi connectivity index (χ4n) is 7.70. The molecule has 0 bridgehead atoms. The van der Waals surface area contributed by atoms with Crippen molar-refractivity contribution in [2.45, 2.75) is 0 Å². The molecule has 0 fully saturated rings. The monoisotopic (exact) mass is 627 g/mol. The van der Waals surface area contributed by atoms with Gasteiger partial charge in [0.1, 0.15) is 28.4 Å². The Hall–Kier alpha value is -6.79. The lowest BCUT2D eigenvalue weighted by Crippen LogP contribution is -1.93. The van der Waals surface area contributed by atoms with Gasteiger partial charge in [-0.2, -0.15) is 0 Å². The third kappa shape index (κ3) is 3.74. The van der Waals surface area contributed by atoms with Gasteiger partial charge in [-0.3, -0.25) is 8.80 Å². The number of benzene rings is 5. The summed E-state index contributed by atoms with van der Waals surface area (Å²) >= 11 is 0. The summed E-state index contributed by atoms with van der Waals surface area (Å²) in [5.74, 6) is 1.50. The Morgan fingerprint density at radius 3 is 2.08 bits per heavy atom. The summed E-state index contributed by atoms with van der Waals surface area (Å²) in [6.07, 6.45) is 5.82. The lowest BCUT2D eigenvalue weighted by atomic mass is 10.0. The molecule has 11 aromatic rings. The predicted octanol–water partition coefficient (Wildman–Crippen LogP) is 10.7. The van der Waals surface area contributed by atoms with E-state index in [2.05, 4.69) is 118 Å². The van der Waals surface area contributed by atoms with Crippen LogP contribution in [0.25, 0.3) is 88.1 Å². The minimum absolute atomic E-state index is 0.740. The van der Waals surface area contributed by atoms with Crippen LogP contribution in [0.1, 0.15) is 0 Å². The Morgan fingerprint density at radius 1 is 0.490 bits per heavy atom. The molecule has 6 heteroatoms. The lowest BCUT2D eigenvalue weighted by Gasteiger charge is -2.10. The zero-order valence-electron chi connectivity index (χ0n) is 26.1. The van der Waals surface area contributed by atoms with Gasteiger partial charge in [0.25, 0.3) is 0 Å². The van der Waals surface area contributed by atoms with Crippen LogP contribution in [0.3, 0.4) is 0 Å². The molecule has 0 spiro atoms. The highest BCUT2D eigenvalue weighted by atomic mass is 16.5. The third-order valence-corrected chi connectivity index (χ3v) is 9.80. The van der Waals surface area contributed by atoms with Crippen LogP contribution in [-0.4, -0.2) is 23.8 Å². The van der Waals surface area contributed by atoms with Gasteiger partial charge in [0.05, 0.1) is 16.7 Å². The van der Waals surface area contributed by atoms with Crippen molar-refractivity contribution in [3.05, 3.63) is 152 Å². The molecule has 6 aromatic heterocycles. The number of ether oxygens (including phenoxy) is 1. The third-order valence-electron chi connectivity index (χ3n) is 9.80. The molecule has 11 rings (SSSR count). The van der Waals surface area contributed by atoms with Crippen molar-refractivity contribution < 1.29 is 4.74 Å². The molecule has 0 unspecified atom stereocenters. The van der Waals surface area contributed by atoms with E-state index in [1.54, 1.807) is 0 Å². The Morgan fingerprint density at radius 2 is 1.22 bits per heavy atom. The topological polar surface area (TPSA) is 56.7 Å². The summed E-state index contributed by atoms with van der Waals surface area (Å²) in [7, 11) is 0. The number of hydrogen-bond donors (Lipinski definition) is 0.